The lowest BCUT2D eigenvalue weighted by molar-refractivity contribution is -0.120. The zero-order valence-corrected chi connectivity index (χ0v) is 8.82. The van der Waals surface area contributed by atoms with Crippen molar-refractivity contribution in [1.29, 1.82) is 0 Å². The molecule has 80 valence electrons. The van der Waals surface area contributed by atoms with Gasteiger partial charge in [-0.3, -0.25) is 9.59 Å². The number of carbonyl (C=O) groups is 2. The standard InChI is InChI=1S/C7H6O.C6H10O/c8-6-7-4-2-1-3-5-7;7-6-4-2-1-3-5-6/h1-6H;1-5H2. The Morgan fingerprint density at radius 1 is 0.933 bits per heavy atom. The molecule has 1 aliphatic rings. The summed E-state index contributed by atoms with van der Waals surface area (Å²) < 4.78 is 0. The summed E-state index contributed by atoms with van der Waals surface area (Å²) in [5.74, 6) is 0.464. The van der Waals surface area contributed by atoms with Crippen LogP contribution in [0, 0.1) is 0 Å². The lowest BCUT2D eigenvalue weighted by atomic mass is 10.00. The third kappa shape index (κ3) is 5.11. The minimum absolute atomic E-state index is 0.464. The molecule has 2 heteroatoms. The fourth-order valence-corrected chi connectivity index (χ4v) is 1.48. The van der Waals surface area contributed by atoms with Gasteiger partial charge in [0.05, 0.1) is 0 Å². The summed E-state index contributed by atoms with van der Waals surface area (Å²) in [5, 5.41) is 0. The highest BCUT2D eigenvalue weighted by molar-refractivity contribution is 5.78. The van der Waals surface area contributed by atoms with Gasteiger partial charge in [0.2, 0.25) is 0 Å². The Hall–Kier alpha value is -1.44. The van der Waals surface area contributed by atoms with Gasteiger partial charge in [-0.25, -0.2) is 0 Å². The zero-order chi connectivity index (χ0) is 10.9. The van der Waals surface area contributed by atoms with Crippen molar-refractivity contribution in [2.45, 2.75) is 32.1 Å². The fourth-order valence-electron chi connectivity index (χ4n) is 1.48. The molecular weight excluding hydrogens is 188 g/mol. The quantitative estimate of drug-likeness (QED) is 0.659. The first kappa shape index (κ1) is 11.6. The van der Waals surface area contributed by atoms with Gasteiger partial charge in [0, 0.05) is 18.4 Å². The molecule has 1 fully saturated rings. The Kier molecular flexibility index (Phi) is 5.38. The maximum absolute atomic E-state index is 10.5. The molecule has 0 spiro atoms. The highest BCUT2D eigenvalue weighted by atomic mass is 16.1. The second kappa shape index (κ2) is 6.93. The van der Waals surface area contributed by atoms with Crippen molar-refractivity contribution in [2.24, 2.45) is 0 Å². The first-order valence-electron chi connectivity index (χ1n) is 5.35. The molecule has 0 unspecified atom stereocenters. The van der Waals surface area contributed by atoms with Crippen LogP contribution in [-0.4, -0.2) is 12.1 Å². The van der Waals surface area contributed by atoms with Crippen molar-refractivity contribution in [2.75, 3.05) is 0 Å². The lowest BCUT2D eigenvalue weighted by Crippen LogP contribution is -2.02. The Morgan fingerprint density at radius 2 is 1.53 bits per heavy atom. The Balaban J connectivity index is 0.000000151. The van der Waals surface area contributed by atoms with E-state index in [4.69, 9.17) is 0 Å². The average molecular weight is 204 g/mol. The molecule has 0 aromatic heterocycles. The van der Waals surface area contributed by atoms with Crippen LogP contribution in [0.1, 0.15) is 42.5 Å². The topological polar surface area (TPSA) is 34.1 Å². The third-order valence-electron chi connectivity index (χ3n) is 2.35. The number of aldehydes is 1. The smallest absolute Gasteiger partial charge is 0.150 e. The SMILES string of the molecule is O=C1CCCCC1.O=Cc1ccccc1. The van der Waals surface area contributed by atoms with Crippen LogP contribution in [0.5, 0.6) is 0 Å². The lowest BCUT2D eigenvalue weighted by Gasteiger charge is -2.05. The Bertz CT molecular complexity index is 296. The van der Waals surface area contributed by atoms with E-state index in [1.54, 1.807) is 12.1 Å². The normalized spacial score (nSPS) is 15.1. The van der Waals surface area contributed by atoms with Crippen LogP contribution in [-0.2, 0) is 4.79 Å². The van der Waals surface area contributed by atoms with E-state index in [-0.39, 0.29) is 0 Å². The van der Waals surface area contributed by atoms with Gasteiger partial charge in [-0.1, -0.05) is 36.8 Å². The van der Waals surface area contributed by atoms with Crippen LogP contribution in [0.25, 0.3) is 0 Å². The van der Waals surface area contributed by atoms with E-state index in [9.17, 15) is 9.59 Å². The van der Waals surface area contributed by atoms with Gasteiger partial charge < -0.3 is 0 Å². The highest BCUT2D eigenvalue weighted by Crippen LogP contribution is 2.12. The number of carbonyl (C=O) groups excluding carboxylic acids is 2. The molecule has 1 aromatic rings. The summed E-state index contributed by atoms with van der Waals surface area (Å²) in [6.07, 6.45) is 6.07. The predicted octanol–water partition coefficient (Wildman–Crippen LogP) is 3.02. The summed E-state index contributed by atoms with van der Waals surface area (Å²) in [6.45, 7) is 0. The number of benzene rings is 1. The molecule has 0 aliphatic heterocycles. The molecule has 2 rings (SSSR count). The van der Waals surface area contributed by atoms with Gasteiger partial charge >= 0.3 is 0 Å². The van der Waals surface area contributed by atoms with Gasteiger partial charge in [-0.2, -0.15) is 0 Å². The van der Waals surface area contributed by atoms with Gasteiger partial charge in [0.15, 0.2) is 0 Å². The fraction of sp³-hybridized carbons (Fsp3) is 0.385. The molecule has 0 heterocycles. The Morgan fingerprint density at radius 3 is 1.87 bits per heavy atom. The van der Waals surface area contributed by atoms with E-state index in [1.807, 2.05) is 18.2 Å². The molecule has 0 saturated heterocycles. The van der Waals surface area contributed by atoms with Crippen molar-refractivity contribution in [3.05, 3.63) is 35.9 Å². The number of hydrogen-bond acceptors (Lipinski definition) is 2. The monoisotopic (exact) mass is 204 g/mol. The minimum Gasteiger partial charge on any atom is -0.300 e. The van der Waals surface area contributed by atoms with Crippen LogP contribution in [0.15, 0.2) is 30.3 Å². The maximum Gasteiger partial charge on any atom is 0.150 e. The second-order valence-electron chi connectivity index (χ2n) is 3.63. The van der Waals surface area contributed by atoms with E-state index in [1.165, 1.54) is 6.42 Å². The third-order valence-corrected chi connectivity index (χ3v) is 2.35. The van der Waals surface area contributed by atoms with Crippen LogP contribution in [0.4, 0.5) is 0 Å². The summed E-state index contributed by atoms with van der Waals surface area (Å²) in [6, 6.07) is 9.10. The number of rotatable bonds is 1. The average Bonchev–Trinajstić information content (AvgIpc) is 2.32. The molecular formula is C13H16O2. The molecule has 1 aromatic carbocycles. The molecule has 0 radical (unpaired) electrons. The summed E-state index contributed by atoms with van der Waals surface area (Å²) >= 11 is 0. The van der Waals surface area contributed by atoms with Crippen LogP contribution in [0.2, 0.25) is 0 Å². The maximum atomic E-state index is 10.5. The zero-order valence-electron chi connectivity index (χ0n) is 8.82. The molecule has 1 aliphatic carbocycles. The second-order valence-corrected chi connectivity index (χ2v) is 3.63. The first-order chi connectivity index (χ1) is 7.33. The molecule has 0 atom stereocenters. The van der Waals surface area contributed by atoms with E-state index < -0.39 is 0 Å². The number of hydrogen-bond donors (Lipinski definition) is 0. The van der Waals surface area contributed by atoms with Gasteiger partial charge in [0.1, 0.15) is 12.1 Å². The van der Waals surface area contributed by atoms with Crippen LogP contribution in [0.3, 0.4) is 0 Å². The van der Waals surface area contributed by atoms with Gasteiger partial charge in [-0.15, -0.1) is 0 Å². The van der Waals surface area contributed by atoms with Crippen LogP contribution >= 0.6 is 0 Å². The van der Waals surface area contributed by atoms with Crippen LogP contribution < -0.4 is 0 Å². The number of Topliss-reactive ketones (excluding diaryl/α,β-unsaturated/α-hetero) is 1. The molecule has 0 bridgehead atoms. The van der Waals surface area contributed by atoms with E-state index in [0.717, 1.165) is 37.5 Å². The molecule has 0 amide bonds. The summed E-state index contributed by atoms with van der Waals surface area (Å²) in [7, 11) is 0. The van der Waals surface area contributed by atoms with Crippen molar-refractivity contribution in [1.82, 2.24) is 0 Å². The minimum atomic E-state index is 0.464. The van der Waals surface area contributed by atoms with Crippen molar-refractivity contribution < 1.29 is 9.59 Å². The van der Waals surface area contributed by atoms with E-state index in [2.05, 4.69) is 0 Å². The highest BCUT2D eigenvalue weighted by Gasteiger charge is 2.05. The summed E-state index contributed by atoms with van der Waals surface area (Å²) in [4.78, 5) is 20.5. The van der Waals surface area contributed by atoms with Crippen molar-refractivity contribution >= 4 is 12.1 Å². The molecule has 15 heavy (non-hydrogen) atoms. The van der Waals surface area contributed by atoms with Crippen molar-refractivity contribution in [3.63, 3.8) is 0 Å². The van der Waals surface area contributed by atoms with Gasteiger partial charge in [0.25, 0.3) is 0 Å². The van der Waals surface area contributed by atoms with E-state index >= 15 is 0 Å². The van der Waals surface area contributed by atoms with Crippen molar-refractivity contribution in [3.8, 4) is 0 Å². The molecule has 2 nitrogen and oxygen atoms in total. The Labute approximate surface area is 90.3 Å². The predicted molar refractivity (Wildman–Crippen MR) is 59.9 cm³/mol. The molecule has 0 N–H and O–H groups in total. The number of ketones is 1. The molecule has 1 saturated carbocycles. The van der Waals surface area contributed by atoms with Gasteiger partial charge in [-0.05, 0) is 12.8 Å². The summed E-state index contributed by atoms with van der Waals surface area (Å²) in [5.41, 5.74) is 0.729. The van der Waals surface area contributed by atoms with E-state index in [0.29, 0.717) is 5.78 Å². The first-order valence-corrected chi connectivity index (χ1v) is 5.35. The largest absolute Gasteiger partial charge is 0.300 e.